The minimum atomic E-state index is -1.17. The first-order chi connectivity index (χ1) is 20.4. The van der Waals surface area contributed by atoms with E-state index in [1.807, 2.05) is 60.7 Å². The van der Waals surface area contributed by atoms with E-state index in [-0.39, 0.29) is 23.1 Å². The molecule has 0 saturated carbocycles. The summed E-state index contributed by atoms with van der Waals surface area (Å²) >= 11 is 6.69. The van der Waals surface area contributed by atoms with Gasteiger partial charge >= 0.3 is 5.97 Å². The third kappa shape index (κ3) is 6.06. The number of imidazole rings is 1. The molecule has 0 aliphatic heterocycles. The van der Waals surface area contributed by atoms with Crippen LogP contribution in [-0.2, 0) is 0 Å². The highest BCUT2D eigenvalue weighted by molar-refractivity contribution is 6.34. The van der Waals surface area contributed by atoms with Crippen LogP contribution >= 0.6 is 11.6 Å². The van der Waals surface area contributed by atoms with Crippen LogP contribution in [0.1, 0.15) is 52.1 Å². The van der Waals surface area contributed by atoms with Crippen LogP contribution in [0.5, 0.6) is 5.75 Å². The second kappa shape index (κ2) is 12.7. The molecule has 7 nitrogen and oxygen atoms in total. The van der Waals surface area contributed by atoms with E-state index in [0.29, 0.717) is 27.5 Å². The van der Waals surface area contributed by atoms with Gasteiger partial charge in [-0.25, -0.2) is 9.78 Å². The number of nitrogens with zero attached hydrogens (tertiary/aromatic N) is 1. The number of carboxylic acid groups (broad SMARTS) is 1. The van der Waals surface area contributed by atoms with Crippen molar-refractivity contribution in [3.63, 3.8) is 0 Å². The molecule has 0 aliphatic rings. The number of aromatic amines is 1. The molecule has 5 rings (SSSR count). The van der Waals surface area contributed by atoms with Crippen molar-refractivity contribution in [2.45, 2.75) is 25.8 Å². The van der Waals surface area contributed by atoms with Gasteiger partial charge in [-0.1, -0.05) is 73.5 Å². The summed E-state index contributed by atoms with van der Waals surface area (Å²) in [6.45, 7) is 2.06. The summed E-state index contributed by atoms with van der Waals surface area (Å²) < 4.78 is 5.25. The van der Waals surface area contributed by atoms with Gasteiger partial charge in [0.15, 0.2) is 0 Å². The molecule has 0 bridgehead atoms. The number of benzene rings is 4. The van der Waals surface area contributed by atoms with Crippen LogP contribution in [0.15, 0.2) is 97.2 Å². The van der Waals surface area contributed by atoms with Crippen molar-refractivity contribution in [2.24, 2.45) is 0 Å². The lowest BCUT2D eigenvalue weighted by Crippen LogP contribution is -2.28. The molecule has 3 N–H and O–H groups in total. The number of ether oxygens (including phenoxy) is 1. The summed E-state index contributed by atoms with van der Waals surface area (Å²) in [5, 5.41) is 13.6. The highest BCUT2D eigenvalue weighted by Gasteiger charge is 2.23. The lowest BCUT2D eigenvalue weighted by atomic mass is 9.93. The third-order valence-corrected chi connectivity index (χ3v) is 7.43. The molecule has 4 aromatic carbocycles. The van der Waals surface area contributed by atoms with E-state index in [0.717, 1.165) is 35.4 Å². The number of aromatic nitrogens is 2. The minimum absolute atomic E-state index is 0.0364. The smallest absolute Gasteiger partial charge is 0.336 e. The van der Waals surface area contributed by atoms with Gasteiger partial charge in [0.2, 0.25) is 0 Å². The Balaban J connectivity index is 1.50. The molecule has 0 fully saturated rings. The topological polar surface area (TPSA) is 104 Å². The van der Waals surface area contributed by atoms with Gasteiger partial charge in [-0.2, -0.15) is 0 Å². The molecule has 42 heavy (non-hydrogen) atoms. The maximum atomic E-state index is 13.3. The molecule has 0 spiro atoms. The number of hydrogen-bond acceptors (Lipinski definition) is 4. The molecule has 212 valence electrons. The number of amides is 1. The number of H-pyrrole nitrogens is 1. The summed E-state index contributed by atoms with van der Waals surface area (Å²) in [6.07, 6.45) is 3.35. The largest absolute Gasteiger partial charge is 0.497 e. The predicted molar refractivity (Wildman–Crippen MR) is 165 cm³/mol. The molecule has 1 heterocycles. The van der Waals surface area contributed by atoms with Crippen LogP contribution < -0.4 is 10.1 Å². The van der Waals surface area contributed by atoms with Gasteiger partial charge < -0.3 is 20.1 Å². The Kier molecular flexibility index (Phi) is 8.69. The number of carboxylic acids is 1. The number of methoxy groups -OCH3 is 1. The van der Waals surface area contributed by atoms with Gasteiger partial charge in [0.1, 0.15) is 11.6 Å². The van der Waals surface area contributed by atoms with E-state index in [2.05, 4.69) is 22.2 Å². The Morgan fingerprint density at radius 2 is 1.74 bits per heavy atom. The molecular weight excluding hydrogens is 550 g/mol. The number of carbonyl (C=O) groups is 2. The van der Waals surface area contributed by atoms with E-state index < -0.39 is 5.97 Å². The zero-order valence-corrected chi connectivity index (χ0v) is 24.0. The second-order valence-electron chi connectivity index (χ2n) is 9.83. The predicted octanol–water partition coefficient (Wildman–Crippen LogP) is 8.04. The van der Waals surface area contributed by atoms with Crippen molar-refractivity contribution in [1.29, 1.82) is 0 Å². The zero-order chi connectivity index (χ0) is 29.6. The number of halogens is 1. The Morgan fingerprint density at radius 3 is 2.43 bits per heavy atom. The Hall–Kier alpha value is -4.88. The molecule has 1 amide bonds. The Labute approximate surface area is 249 Å². The summed E-state index contributed by atoms with van der Waals surface area (Å²) in [4.78, 5) is 33.7. The fraction of sp³-hybridized carbons (Fsp3) is 0.147. The van der Waals surface area contributed by atoms with Crippen LogP contribution in [0.2, 0.25) is 5.02 Å². The van der Waals surface area contributed by atoms with E-state index >= 15 is 0 Å². The fourth-order valence-electron chi connectivity index (χ4n) is 4.99. The Morgan fingerprint density at radius 1 is 0.976 bits per heavy atom. The molecule has 5 aromatic rings. The highest BCUT2D eigenvalue weighted by Crippen LogP contribution is 2.39. The van der Waals surface area contributed by atoms with Crippen molar-refractivity contribution in [3.8, 4) is 39.5 Å². The molecule has 1 aromatic heterocycles. The standard InChI is InChI=1S/C34H30ClN3O4/c1-3-8-29(21-9-5-4-6-10-21)38-33(39)23-15-18-25(27(19-23)34(40)41)31-26(11-7-12-28(31)35)32-36-20-30(37-32)22-13-16-24(42-2)17-14-22/h4-7,9-20,29H,3,8H2,1-2H3,(H,36,37)(H,38,39)(H,40,41)/t29-/m1/s1. The monoisotopic (exact) mass is 579 g/mol. The maximum absolute atomic E-state index is 13.3. The zero-order valence-electron chi connectivity index (χ0n) is 23.2. The van der Waals surface area contributed by atoms with Crippen LogP contribution in [0.4, 0.5) is 0 Å². The Bertz CT molecular complexity index is 1720. The number of aromatic carboxylic acids is 1. The van der Waals surface area contributed by atoms with Crippen LogP contribution in [0, 0.1) is 0 Å². The van der Waals surface area contributed by atoms with Gasteiger partial charge in [0.05, 0.1) is 30.6 Å². The number of hydrogen-bond donors (Lipinski definition) is 3. The highest BCUT2D eigenvalue weighted by atomic mass is 35.5. The van der Waals surface area contributed by atoms with Gasteiger partial charge in [0, 0.05) is 21.7 Å². The van der Waals surface area contributed by atoms with Crippen molar-refractivity contribution >= 4 is 23.5 Å². The summed E-state index contributed by atoms with van der Waals surface area (Å²) in [7, 11) is 1.61. The molecule has 0 unspecified atom stereocenters. The van der Waals surface area contributed by atoms with Gasteiger partial charge in [0.25, 0.3) is 5.91 Å². The quantitative estimate of drug-likeness (QED) is 0.155. The van der Waals surface area contributed by atoms with Crippen molar-refractivity contribution in [1.82, 2.24) is 15.3 Å². The normalized spacial score (nSPS) is 11.6. The van der Waals surface area contributed by atoms with Crippen molar-refractivity contribution < 1.29 is 19.4 Å². The second-order valence-corrected chi connectivity index (χ2v) is 10.2. The van der Waals surface area contributed by atoms with Crippen molar-refractivity contribution in [3.05, 3.63) is 119 Å². The lowest BCUT2D eigenvalue weighted by Gasteiger charge is -2.19. The average Bonchev–Trinajstić information content (AvgIpc) is 3.51. The van der Waals surface area contributed by atoms with Gasteiger partial charge in [-0.3, -0.25) is 4.79 Å². The SMILES string of the molecule is CCC[C@@H](NC(=O)c1ccc(-c2c(Cl)cccc2-c2ncc(-c3ccc(OC)cc3)[nH]2)c(C(=O)O)c1)c1ccccc1. The first-order valence-corrected chi connectivity index (χ1v) is 14.0. The number of nitrogens with one attached hydrogen (secondary N) is 2. The van der Waals surface area contributed by atoms with Crippen LogP contribution in [-0.4, -0.2) is 34.1 Å². The molecule has 8 heteroatoms. The summed E-state index contributed by atoms with van der Waals surface area (Å²) in [5.74, 6) is -0.241. The maximum Gasteiger partial charge on any atom is 0.336 e. The number of rotatable bonds is 10. The molecule has 0 saturated heterocycles. The molecule has 0 aliphatic carbocycles. The van der Waals surface area contributed by atoms with E-state index in [1.165, 1.54) is 6.07 Å². The van der Waals surface area contributed by atoms with Crippen LogP contribution in [0.25, 0.3) is 33.8 Å². The number of carbonyl (C=O) groups excluding carboxylic acids is 1. The van der Waals surface area contributed by atoms with Crippen LogP contribution in [0.3, 0.4) is 0 Å². The fourth-order valence-corrected chi connectivity index (χ4v) is 5.27. The van der Waals surface area contributed by atoms with E-state index in [9.17, 15) is 14.7 Å². The molecular formula is C34H30ClN3O4. The van der Waals surface area contributed by atoms with E-state index in [1.54, 1.807) is 37.6 Å². The summed E-state index contributed by atoms with van der Waals surface area (Å²) in [5.41, 5.74) is 4.43. The molecule has 1 atom stereocenters. The lowest BCUT2D eigenvalue weighted by molar-refractivity contribution is 0.0697. The van der Waals surface area contributed by atoms with E-state index in [4.69, 9.17) is 16.3 Å². The van der Waals surface area contributed by atoms with Gasteiger partial charge in [-0.15, -0.1) is 0 Å². The molecule has 0 radical (unpaired) electrons. The average molecular weight is 580 g/mol. The first-order valence-electron chi connectivity index (χ1n) is 13.6. The summed E-state index contributed by atoms with van der Waals surface area (Å²) in [6, 6.07) is 27.1. The third-order valence-electron chi connectivity index (χ3n) is 7.11. The minimum Gasteiger partial charge on any atom is -0.497 e. The van der Waals surface area contributed by atoms with Gasteiger partial charge in [-0.05, 0) is 65.6 Å². The van der Waals surface area contributed by atoms with Crippen molar-refractivity contribution in [2.75, 3.05) is 7.11 Å². The first kappa shape index (κ1) is 28.6.